The summed E-state index contributed by atoms with van der Waals surface area (Å²) in [5.74, 6) is -0.488. The van der Waals surface area contributed by atoms with Crippen LogP contribution < -0.4 is 5.56 Å². The van der Waals surface area contributed by atoms with Crippen LogP contribution in [0, 0.1) is 11.6 Å². The molecule has 0 saturated heterocycles. The Kier molecular flexibility index (Phi) is 4.91. The summed E-state index contributed by atoms with van der Waals surface area (Å²) in [6, 6.07) is 4.76. The lowest BCUT2D eigenvalue weighted by Gasteiger charge is -2.07. The number of rotatable bonds is 6. The number of benzene rings is 1. The third kappa shape index (κ3) is 3.46. The van der Waals surface area contributed by atoms with Gasteiger partial charge >= 0.3 is 0 Å². The van der Waals surface area contributed by atoms with Crippen molar-refractivity contribution >= 4 is 17.5 Å². The zero-order valence-corrected chi connectivity index (χ0v) is 13.6. The van der Waals surface area contributed by atoms with E-state index in [2.05, 4.69) is 15.2 Å². The molecule has 0 aliphatic heterocycles. The normalized spacial score (nSPS) is 11.3. The van der Waals surface area contributed by atoms with Gasteiger partial charge in [0.2, 0.25) is 5.78 Å². The molecule has 2 aromatic heterocycles. The number of nitrogens with zero attached hydrogens (tertiary/aromatic N) is 3. The van der Waals surface area contributed by atoms with Crippen LogP contribution in [0.5, 0.6) is 0 Å². The molecule has 0 spiro atoms. The van der Waals surface area contributed by atoms with Gasteiger partial charge in [-0.1, -0.05) is 11.8 Å². The average molecular weight is 352 g/mol. The van der Waals surface area contributed by atoms with Gasteiger partial charge < -0.3 is 4.74 Å². The first-order chi connectivity index (χ1) is 11.6. The Morgan fingerprint density at radius 3 is 2.92 bits per heavy atom. The van der Waals surface area contributed by atoms with Crippen LogP contribution in [0.15, 0.2) is 34.2 Å². The van der Waals surface area contributed by atoms with Gasteiger partial charge in [-0.3, -0.25) is 14.2 Å². The molecule has 0 unspecified atom stereocenters. The first-order valence-electron chi connectivity index (χ1n) is 7.11. The average Bonchev–Trinajstić information content (AvgIpc) is 2.96. The summed E-state index contributed by atoms with van der Waals surface area (Å²) in [5.41, 5.74) is 0.635. The highest BCUT2D eigenvalue weighted by molar-refractivity contribution is 7.98. The van der Waals surface area contributed by atoms with Crippen molar-refractivity contribution in [3.05, 3.63) is 57.5 Å². The Morgan fingerprint density at radius 1 is 1.29 bits per heavy atom. The number of halogens is 2. The van der Waals surface area contributed by atoms with Gasteiger partial charge in [-0.2, -0.15) is 0 Å². The number of fused-ring (bicyclic) bond motifs is 1. The van der Waals surface area contributed by atoms with Crippen molar-refractivity contribution in [3.63, 3.8) is 0 Å². The summed E-state index contributed by atoms with van der Waals surface area (Å²) in [6.45, 7) is 0.430. The topological polar surface area (TPSA) is 72.3 Å². The SMILES string of the molecule is COCCc1cc(=O)[nH]c2nnc(SCc3cc(F)ccc3F)n12. The number of hydrogen-bond donors (Lipinski definition) is 1. The highest BCUT2D eigenvalue weighted by Gasteiger charge is 2.13. The van der Waals surface area contributed by atoms with E-state index < -0.39 is 11.6 Å². The van der Waals surface area contributed by atoms with E-state index in [1.807, 2.05) is 0 Å². The maximum Gasteiger partial charge on any atom is 0.252 e. The molecule has 1 aromatic carbocycles. The van der Waals surface area contributed by atoms with Gasteiger partial charge in [-0.25, -0.2) is 8.78 Å². The van der Waals surface area contributed by atoms with Gasteiger partial charge in [0.15, 0.2) is 5.16 Å². The quantitative estimate of drug-likeness (QED) is 0.689. The molecule has 0 amide bonds. The highest BCUT2D eigenvalue weighted by atomic mass is 32.2. The van der Waals surface area contributed by atoms with Gasteiger partial charge in [-0.05, 0) is 18.2 Å². The van der Waals surface area contributed by atoms with E-state index in [9.17, 15) is 13.6 Å². The Balaban J connectivity index is 1.92. The Hall–Kier alpha value is -2.26. The molecular formula is C15H14F2N4O2S. The smallest absolute Gasteiger partial charge is 0.252 e. The summed E-state index contributed by atoms with van der Waals surface area (Å²) in [6.07, 6.45) is 0.497. The van der Waals surface area contributed by atoms with Crippen LogP contribution in [0.1, 0.15) is 11.3 Å². The Morgan fingerprint density at radius 2 is 2.12 bits per heavy atom. The molecule has 0 fully saturated rings. The zero-order valence-electron chi connectivity index (χ0n) is 12.8. The maximum atomic E-state index is 13.7. The molecule has 0 atom stereocenters. The largest absolute Gasteiger partial charge is 0.384 e. The summed E-state index contributed by atoms with van der Waals surface area (Å²) in [4.78, 5) is 14.3. The number of ether oxygens (including phenoxy) is 1. The minimum Gasteiger partial charge on any atom is -0.384 e. The van der Waals surface area contributed by atoms with Crippen molar-refractivity contribution in [2.45, 2.75) is 17.3 Å². The zero-order chi connectivity index (χ0) is 17.1. The number of aromatic amines is 1. The summed E-state index contributed by atoms with van der Waals surface area (Å²) < 4.78 is 33.7. The number of hydrogen-bond acceptors (Lipinski definition) is 5. The summed E-state index contributed by atoms with van der Waals surface area (Å²) >= 11 is 1.21. The van der Waals surface area contributed by atoms with Crippen molar-refractivity contribution in [2.75, 3.05) is 13.7 Å². The van der Waals surface area contributed by atoms with Crippen LogP contribution in [0.3, 0.4) is 0 Å². The second-order valence-electron chi connectivity index (χ2n) is 5.03. The molecule has 9 heteroatoms. The first-order valence-corrected chi connectivity index (χ1v) is 8.10. The summed E-state index contributed by atoms with van der Waals surface area (Å²) in [7, 11) is 1.57. The lowest BCUT2D eigenvalue weighted by molar-refractivity contribution is 0.201. The third-order valence-electron chi connectivity index (χ3n) is 3.38. The van der Waals surface area contributed by atoms with Crippen LogP contribution in [0.25, 0.3) is 5.78 Å². The van der Waals surface area contributed by atoms with E-state index in [0.29, 0.717) is 29.7 Å². The molecule has 3 rings (SSSR count). The van der Waals surface area contributed by atoms with Crippen molar-refractivity contribution in [2.24, 2.45) is 0 Å². The molecular weight excluding hydrogens is 338 g/mol. The maximum absolute atomic E-state index is 13.7. The number of H-pyrrole nitrogens is 1. The van der Waals surface area contributed by atoms with E-state index in [0.717, 1.165) is 18.2 Å². The first kappa shape index (κ1) is 16.6. The molecule has 24 heavy (non-hydrogen) atoms. The van der Waals surface area contributed by atoms with Gasteiger partial charge in [0.1, 0.15) is 11.6 Å². The van der Waals surface area contributed by atoms with Crippen molar-refractivity contribution in [1.82, 2.24) is 19.6 Å². The van der Waals surface area contributed by atoms with E-state index >= 15 is 0 Å². The van der Waals surface area contributed by atoms with Crippen LogP contribution in [0.4, 0.5) is 8.78 Å². The molecule has 1 N–H and O–H groups in total. The predicted molar refractivity (Wildman–Crippen MR) is 85.1 cm³/mol. The molecule has 0 saturated carbocycles. The Bertz CT molecular complexity index is 925. The van der Waals surface area contributed by atoms with Crippen molar-refractivity contribution < 1.29 is 13.5 Å². The molecule has 0 aliphatic carbocycles. The van der Waals surface area contributed by atoms with Crippen LogP contribution in [0.2, 0.25) is 0 Å². The minimum atomic E-state index is -0.497. The molecule has 126 valence electrons. The summed E-state index contributed by atoms with van der Waals surface area (Å²) in [5, 5.41) is 8.43. The predicted octanol–water partition coefficient (Wildman–Crippen LogP) is 2.18. The van der Waals surface area contributed by atoms with E-state index in [-0.39, 0.29) is 16.9 Å². The molecule has 0 radical (unpaired) electrons. The molecule has 3 aromatic rings. The standard InChI is InChI=1S/C15H14F2N4O2S/c1-23-5-4-11-7-13(22)18-14-19-20-15(21(11)14)24-8-9-6-10(16)2-3-12(9)17/h2-3,6-7H,4-5,8H2,1H3,(H,18,19,22). The van der Waals surface area contributed by atoms with E-state index in [1.165, 1.54) is 17.8 Å². The monoisotopic (exact) mass is 352 g/mol. The molecule has 0 aliphatic rings. The fourth-order valence-electron chi connectivity index (χ4n) is 2.25. The number of methoxy groups -OCH3 is 1. The number of aromatic nitrogens is 4. The molecule has 0 bridgehead atoms. The number of nitrogens with one attached hydrogen (secondary N) is 1. The Labute approximate surface area is 139 Å². The highest BCUT2D eigenvalue weighted by Crippen LogP contribution is 2.24. The lowest BCUT2D eigenvalue weighted by Crippen LogP contribution is -2.13. The van der Waals surface area contributed by atoms with Crippen LogP contribution in [-0.4, -0.2) is 33.3 Å². The van der Waals surface area contributed by atoms with Crippen LogP contribution >= 0.6 is 11.8 Å². The van der Waals surface area contributed by atoms with Crippen molar-refractivity contribution in [1.29, 1.82) is 0 Å². The van der Waals surface area contributed by atoms with Crippen LogP contribution in [-0.2, 0) is 16.9 Å². The number of thioether (sulfide) groups is 1. The second-order valence-corrected chi connectivity index (χ2v) is 5.98. The fraction of sp³-hybridized carbons (Fsp3) is 0.267. The van der Waals surface area contributed by atoms with Gasteiger partial charge in [-0.15, -0.1) is 10.2 Å². The van der Waals surface area contributed by atoms with E-state index in [4.69, 9.17) is 4.74 Å². The molecule has 6 nitrogen and oxygen atoms in total. The molecule has 2 heterocycles. The van der Waals surface area contributed by atoms with Crippen molar-refractivity contribution in [3.8, 4) is 0 Å². The lowest BCUT2D eigenvalue weighted by atomic mass is 10.2. The van der Waals surface area contributed by atoms with Gasteiger partial charge in [0, 0.05) is 36.6 Å². The van der Waals surface area contributed by atoms with Gasteiger partial charge in [0.05, 0.1) is 6.61 Å². The third-order valence-corrected chi connectivity index (χ3v) is 4.36. The fourth-order valence-corrected chi connectivity index (χ4v) is 3.19. The van der Waals surface area contributed by atoms with Gasteiger partial charge in [0.25, 0.3) is 5.56 Å². The van der Waals surface area contributed by atoms with E-state index in [1.54, 1.807) is 11.5 Å². The minimum absolute atomic E-state index is 0.188. The second kappa shape index (κ2) is 7.10.